The van der Waals surface area contributed by atoms with Crippen LogP contribution < -0.4 is 10.5 Å². The highest BCUT2D eigenvalue weighted by atomic mass is 16.5. The Kier molecular flexibility index (Phi) is 3.91. The third kappa shape index (κ3) is 2.77. The fraction of sp³-hybridized carbons (Fsp3) is 0.0870. The van der Waals surface area contributed by atoms with Gasteiger partial charge in [0, 0.05) is 29.4 Å². The number of nitrogens with two attached hydrogens (primary N) is 1. The maximum Gasteiger partial charge on any atom is 0.252 e. The predicted molar refractivity (Wildman–Crippen MR) is 109 cm³/mol. The van der Waals surface area contributed by atoms with Gasteiger partial charge in [-0.2, -0.15) is 5.10 Å². The number of aromatic nitrogens is 3. The Hall–Kier alpha value is -3.93. The maximum atomic E-state index is 12.3. The van der Waals surface area contributed by atoms with Crippen LogP contribution in [0.3, 0.4) is 0 Å². The largest absolute Gasteiger partial charge is 0.457 e. The maximum absolute atomic E-state index is 12.3. The number of carbonyl (C=O) groups is 1. The van der Waals surface area contributed by atoms with Crippen LogP contribution in [-0.4, -0.2) is 20.7 Å². The summed E-state index contributed by atoms with van der Waals surface area (Å²) in [6.45, 7) is 2.04. The van der Waals surface area contributed by atoms with Crippen LogP contribution in [0, 0.1) is 0 Å². The minimum absolute atomic E-state index is 0.0110. The van der Waals surface area contributed by atoms with Crippen LogP contribution in [0.25, 0.3) is 16.9 Å². The lowest BCUT2D eigenvalue weighted by atomic mass is 9.95. The number of pyridine rings is 1. The zero-order valence-corrected chi connectivity index (χ0v) is 15.7. The standard InChI is InChI=1S/C23H18N4O2/c1-14-18-13-25-12-11-19(18)27-22(14)20(23(24)28)21(26-27)15-7-9-17(10-8-15)29-16-5-3-2-4-6-16/h2-14H,1H3,(H2,24,28). The number of amides is 1. The molecule has 29 heavy (non-hydrogen) atoms. The van der Waals surface area contributed by atoms with Gasteiger partial charge in [-0.3, -0.25) is 9.78 Å². The van der Waals surface area contributed by atoms with Crippen LogP contribution in [0.15, 0.2) is 73.1 Å². The number of fused-ring (bicyclic) bond motifs is 3. The average molecular weight is 382 g/mol. The van der Waals surface area contributed by atoms with Crippen molar-refractivity contribution in [2.75, 3.05) is 0 Å². The van der Waals surface area contributed by atoms with Gasteiger partial charge >= 0.3 is 0 Å². The van der Waals surface area contributed by atoms with E-state index in [9.17, 15) is 4.79 Å². The van der Waals surface area contributed by atoms with Crippen molar-refractivity contribution in [3.63, 3.8) is 0 Å². The zero-order chi connectivity index (χ0) is 20.0. The van der Waals surface area contributed by atoms with E-state index in [1.54, 1.807) is 6.20 Å². The number of rotatable bonds is 4. The van der Waals surface area contributed by atoms with E-state index in [0.29, 0.717) is 17.0 Å². The van der Waals surface area contributed by atoms with Crippen LogP contribution in [0.4, 0.5) is 0 Å². The molecule has 142 valence electrons. The highest BCUT2D eigenvalue weighted by Crippen LogP contribution is 2.41. The lowest BCUT2D eigenvalue weighted by Crippen LogP contribution is -2.14. The number of primary amides is 1. The Balaban J connectivity index is 1.56. The number of nitrogens with zero attached hydrogens (tertiary/aromatic N) is 3. The number of hydrogen-bond donors (Lipinski definition) is 1. The molecule has 1 amide bonds. The number of hydrogen-bond acceptors (Lipinski definition) is 4. The second-order valence-electron chi connectivity index (χ2n) is 6.98. The molecule has 0 fully saturated rings. The van der Waals surface area contributed by atoms with E-state index in [4.69, 9.17) is 15.6 Å². The van der Waals surface area contributed by atoms with Gasteiger partial charge in [0.1, 0.15) is 17.2 Å². The van der Waals surface area contributed by atoms with Crippen molar-refractivity contribution in [2.45, 2.75) is 12.8 Å². The van der Waals surface area contributed by atoms with E-state index < -0.39 is 5.91 Å². The van der Waals surface area contributed by atoms with Crippen LogP contribution in [0.1, 0.15) is 34.5 Å². The molecule has 1 aliphatic rings. The molecule has 1 unspecified atom stereocenters. The van der Waals surface area contributed by atoms with Gasteiger partial charge in [-0.25, -0.2) is 4.68 Å². The van der Waals surface area contributed by atoms with Gasteiger partial charge in [-0.05, 0) is 42.5 Å². The molecule has 2 aromatic carbocycles. The first-order valence-electron chi connectivity index (χ1n) is 9.34. The Labute approximate surface area is 167 Å². The second kappa shape index (κ2) is 6.60. The molecule has 0 spiro atoms. The number of carbonyl (C=O) groups excluding carboxylic acids is 1. The van der Waals surface area contributed by atoms with E-state index in [1.807, 2.05) is 78.5 Å². The summed E-state index contributed by atoms with van der Waals surface area (Å²) in [5.74, 6) is 0.969. The summed E-state index contributed by atoms with van der Waals surface area (Å²) in [5.41, 5.74) is 10.4. The van der Waals surface area contributed by atoms with Crippen LogP contribution in [-0.2, 0) is 0 Å². The van der Waals surface area contributed by atoms with Gasteiger partial charge in [-0.1, -0.05) is 25.1 Å². The molecule has 0 saturated carbocycles. The molecule has 4 aromatic rings. The van der Waals surface area contributed by atoms with E-state index in [2.05, 4.69) is 4.98 Å². The first-order valence-corrected chi connectivity index (χ1v) is 9.34. The molecule has 1 aliphatic heterocycles. The molecule has 0 bridgehead atoms. The summed E-state index contributed by atoms with van der Waals surface area (Å²) in [7, 11) is 0. The smallest absolute Gasteiger partial charge is 0.252 e. The summed E-state index contributed by atoms with van der Waals surface area (Å²) in [6, 6.07) is 19.0. The summed E-state index contributed by atoms with van der Waals surface area (Å²) in [6.07, 6.45) is 3.54. The topological polar surface area (TPSA) is 83.0 Å². The summed E-state index contributed by atoms with van der Waals surface area (Å²) in [5, 5.41) is 4.73. The van der Waals surface area contributed by atoms with E-state index in [1.165, 1.54) is 0 Å². The molecule has 2 N–H and O–H groups in total. The minimum atomic E-state index is -0.488. The van der Waals surface area contributed by atoms with E-state index in [0.717, 1.165) is 28.3 Å². The van der Waals surface area contributed by atoms with Crippen molar-refractivity contribution in [3.8, 4) is 28.4 Å². The highest BCUT2D eigenvalue weighted by Gasteiger charge is 2.34. The molecule has 6 nitrogen and oxygen atoms in total. The monoisotopic (exact) mass is 382 g/mol. The quantitative estimate of drug-likeness (QED) is 0.571. The summed E-state index contributed by atoms with van der Waals surface area (Å²) < 4.78 is 7.66. The Morgan fingerprint density at radius 1 is 1.03 bits per heavy atom. The minimum Gasteiger partial charge on any atom is -0.457 e. The average Bonchev–Trinajstić information content (AvgIpc) is 3.26. The van der Waals surface area contributed by atoms with E-state index in [-0.39, 0.29) is 5.92 Å². The molecule has 0 aliphatic carbocycles. The van der Waals surface area contributed by atoms with Crippen LogP contribution in [0.2, 0.25) is 0 Å². The molecule has 5 rings (SSSR count). The Morgan fingerprint density at radius 2 is 1.76 bits per heavy atom. The van der Waals surface area contributed by atoms with Crippen molar-refractivity contribution >= 4 is 5.91 Å². The Bertz CT molecular complexity index is 1210. The summed E-state index contributed by atoms with van der Waals surface area (Å²) in [4.78, 5) is 16.5. The van der Waals surface area contributed by atoms with Crippen molar-refractivity contribution in [1.29, 1.82) is 0 Å². The van der Waals surface area contributed by atoms with Gasteiger partial charge in [-0.15, -0.1) is 0 Å². The van der Waals surface area contributed by atoms with Crippen LogP contribution in [0.5, 0.6) is 11.5 Å². The van der Waals surface area contributed by atoms with E-state index >= 15 is 0 Å². The summed E-state index contributed by atoms with van der Waals surface area (Å²) >= 11 is 0. The normalized spacial score (nSPS) is 14.3. The molecular weight excluding hydrogens is 364 g/mol. The fourth-order valence-corrected chi connectivity index (χ4v) is 3.84. The van der Waals surface area contributed by atoms with Gasteiger partial charge in [0.05, 0.1) is 16.9 Å². The zero-order valence-electron chi connectivity index (χ0n) is 15.7. The van der Waals surface area contributed by atoms with Crippen molar-refractivity contribution < 1.29 is 9.53 Å². The number of ether oxygens (including phenoxy) is 1. The highest BCUT2D eigenvalue weighted by molar-refractivity contribution is 6.01. The first kappa shape index (κ1) is 17.2. The molecular formula is C23H18N4O2. The molecule has 0 saturated heterocycles. The molecule has 6 heteroatoms. The Morgan fingerprint density at radius 3 is 2.48 bits per heavy atom. The van der Waals surface area contributed by atoms with Gasteiger partial charge in [0.2, 0.25) is 0 Å². The number of para-hydroxylation sites is 1. The lowest BCUT2D eigenvalue weighted by Gasteiger charge is -2.08. The van der Waals surface area contributed by atoms with Gasteiger partial charge < -0.3 is 10.5 Å². The second-order valence-corrected chi connectivity index (χ2v) is 6.98. The third-order valence-electron chi connectivity index (χ3n) is 5.21. The predicted octanol–water partition coefficient (Wildman–Crippen LogP) is 4.29. The van der Waals surface area contributed by atoms with Gasteiger partial charge in [0.25, 0.3) is 5.91 Å². The number of benzene rings is 2. The third-order valence-corrected chi connectivity index (χ3v) is 5.21. The molecule has 1 atom stereocenters. The van der Waals surface area contributed by atoms with Crippen molar-refractivity contribution in [3.05, 3.63) is 89.9 Å². The first-order chi connectivity index (χ1) is 14.1. The molecule has 2 aromatic heterocycles. The van der Waals surface area contributed by atoms with Crippen LogP contribution >= 0.6 is 0 Å². The van der Waals surface area contributed by atoms with Crippen molar-refractivity contribution in [2.24, 2.45) is 5.73 Å². The lowest BCUT2D eigenvalue weighted by molar-refractivity contribution is 0.1000. The van der Waals surface area contributed by atoms with Crippen molar-refractivity contribution in [1.82, 2.24) is 14.8 Å². The molecule has 3 heterocycles. The SMILES string of the molecule is CC1c2cnccc2-n2nc(-c3ccc(Oc4ccccc4)cc3)c(C(N)=O)c21. The van der Waals surface area contributed by atoms with Gasteiger partial charge in [0.15, 0.2) is 0 Å². The fourth-order valence-electron chi connectivity index (χ4n) is 3.84. The molecule has 0 radical (unpaired) electrons.